The van der Waals surface area contributed by atoms with Crippen LogP contribution < -0.4 is 0 Å². The van der Waals surface area contributed by atoms with Gasteiger partial charge in [-0.15, -0.1) is 0 Å². The number of ether oxygens (including phenoxy) is 1. The average Bonchev–Trinajstić information content (AvgIpc) is 2.46. The van der Waals surface area contributed by atoms with Crippen molar-refractivity contribution in [1.29, 1.82) is 0 Å². The molecule has 1 atom stereocenters. The number of hydrogen-bond donors (Lipinski definition) is 0. The molecule has 1 saturated heterocycles. The first-order valence-corrected chi connectivity index (χ1v) is 7.07. The van der Waals surface area contributed by atoms with Crippen molar-refractivity contribution in [2.24, 2.45) is 5.92 Å². The summed E-state index contributed by atoms with van der Waals surface area (Å²) < 4.78 is 5.30. The van der Waals surface area contributed by atoms with Crippen LogP contribution in [0.25, 0.3) is 0 Å². The van der Waals surface area contributed by atoms with Crippen LogP contribution in [0.3, 0.4) is 0 Å². The van der Waals surface area contributed by atoms with Gasteiger partial charge in [0.05, 0.1) is 6.04 Å². The second-order valence-corrected chi connectivity index (χ2v) is 5.50. The van der Waals surface area contributed by atoms with Gasteiger partial charge >= 0.3 is 0 Å². The van der Waals surface area contributed by atoms with Gasteiger partial charge in [-0.05, 0) is 37.5 Å². The molecule has 19 heavy (non-hydrogen) atoms. The van der Waals surface area contributed by atoms with E-state index in [-0.39, 0.29) is 17.9 Å². The minimum atomic E-state index is 0.0626. The Balaban J connectivity index is 2.03. The van der Waals surface area contributed by atoms with Gasteiger partial charge < -0.3 is 9.64 Å². The molecule has 1 heterocycles. The number of rotatable bonds is 3. The summed E-state index contributed by atoms with van der Waals surface area (Å²) in [6.45, 7) is 3.43. The van der Waals surface area contributed by atoms with Gasteiger partial charge in [0, 0.05) is 31.2 Å². The Morgan fingerprint density at radius 3 is 2.47 bits per heavy atom. The van der Waals surface area contributed by atoms with E-state index in [2.05, 4.69) is 0 Å². The third-order valence-corrected chi connectivity index (χ3v) is 4.10. The van der Waals surface area contributed by atoms with Crippen LogP contribution in [0.2, 0.25) is 5.02 Å². The van der Waals surface area contributed by atoms with Gasteiger partial charge in [-0.3, -0.25) is 4.79 Å². The van der Waals surface area contributed by atoms with Crippen LogP contribution in [0.1, 0.15) is 31.4 Å². The van der Waals surface area contributed by atoms with Crippen molar-refractivity contribution in [1.82, 2.24) is 4.90 Å². The monoisotopic (exact) mass is 281 g/mol. The smallest absolute Gasteiger partial charge is 0.226 e. The second kappa shape index (κ2) is 6.40. The van der Waals surface area contributed by atoms with Crippen LogP contribution >= 0.6 is 11.6 Å². The molecule has 0 aromatic heterocycles. The molecule has 104 valence electrons. The van der Waals surface area contributed by atoms with Crippen molar-refractivity contribution >= 4 is 17.5 Å². The third-order valence-electron chi connectivity index (χ3n) is 3.85. The van der Waals surface area contributed by atoms with Crippen LogP contribution in [0.5, 0.6) is 0 Å². The lowest BCUT2D eigenvalue weighted by atomic mass is 9.97. The van der Waals surface area contributed by atoms with Gasteiger partial charge in [-0.1, -0.05) is 23.7 Å². The maximum absolute atomic E-state index is 12.4. The second-order valence-electron chi connectivity index (χ2n) is 5.06. The van der Waals surface area contributed by atoms with Crippen molar-refractivity contribution < 1.29 is 9.53 Å². The highest BCUT2D eigenvalue weighted by Gasteiger charge is 2.27. The molecule has 1 aromatic rings. The molecule has 3 nitrogen and oxygen atoms in total. The Morgan fingerprint density at radius 1 is 1.32 bits per heavy atom. The number of nitrogens with zero attached hydrogens (tertiary/aromatic N) is 1. The summed E-state index contributed by atoms with van der Waals surface area (Å²) in [6.07, 6.45) is 1.66. The zero-order valence-electron chi connectivity index (χ0n) is 11.4. The van der Waals surface area contributed by atoms with Crippen LogP contribution in [-0.2, 0) is 9.53 Å². The minimum Gasteiger partial charge on any atom is -0.381 e. The van der Waals surface area contributed by atoms with Gasteiger partial charge in [0.1, 0.15) is 0 Å². The molecule has 0 saturated carbocycles. The molecule has 1 unspecified atom stereocenters. The Labute approximate surface area is 119 Å². The van der Waals surface area contributed by atoms with E-state index in [4.69, 9.17) is 16.3 Å². The standard InChI is InChI=1S/C15H20ClNO2/c1-11(12-3-5-14(16)6-4-12)17(2)15(18)13-7-9-19-10-8-13/h3-6,11,13H,7-10H2,1-2H3. The largest absolute Gasteiger partial charge is 0.381 e. The number of benzene rings is 1. The first kappa shape index (κ1) is 14.4. The highest BCUT2D eigenvalue weighted by atomic mass is 35.5. The van der Waals surface area contributed by atoms with Crippen molar-refractivity contribution in [3.05, 3.63) is 34.9 Å². The topological polar surface area (TPSA) is 29.5 Å². The normalized spacial score (nSPS) is 18.1. The van der Waals surface area contributed by atoms with E-state index in [9.17, 15) is 4.79 Å². The number of amides is 1. The van der Waals surface area contributed by atoms with Gasteiger partial charge in [-0.2, -0.15) is 0 Å². The lowest BCUT2D eigenvalue weighted by Crippen LogP contribution is -2.37. The minimum absolute atomic E-state index is 0.0626. The molecule has 0 aliphatic carbocycles. The number of halogens is 1. The van der Waals surface area contributed by atoms with Crippen molar-refractivity contribution in [3.63, 3.8) is 0 Å². The molecule has 0 bridgehead atoms. The number of carbonyl (C=O) groups excluding carboxylic acids is 1. The fourth-order valence-electron chi connectivity index (χ4n) is 2.39. The van der Waals surface area contributed by atoms with Crippen molar-refractivity contribution in [2.75, 3.05) is 20.3 Å². The van der Waals surface area contributed by atoms with E-state index >= 15 is 0 Å². The molecule has 1 fully saturated rings. The molecule has 1 aromatic carbocycles. The van der Waals surface area contributed by atoms with Gasteiger partial charge in [0.2, 0.25) is 5.91 Å². The maximum atomic E-state index is 12.4. The molecule has 0 N–H and O–H groups in total. The van der Waals surface area contributed by atoms with E-state index in [0.717, 1.165) is 18.4 Å². The Morgan fingerprint density at radius 2 is 1.89 bits per heavy atom. The molecule has 1 aliphatic rings. The summed E-state index contributed by atoms with van der Waals surface area (Å²) in [5.41, 5.74) is 1.10. The van der Waals surface area contributed by atoms with Crippen LogP contribution in [-0.4, -0.2) is 31.1 Å². The van der Waals surface area contributed by atoms with E-state index in [1.165, 1.54) is 0 Å². The van der Waals surface area contributed by atoms with Crippen LogP contribution in [0.4, 0.5) is 0 Å². The van der Waals surface area contributed by atoms with Crippen LogP contribution in [0, 0.1) is 5.92 Å². The predicted molar refractivity (Wildman–Crippen MR) is 76.2 cm³/mol. The first-order valence-electron chi connectivity index (χ1n) is 6.69. The number of hydrogen-bond acceptors (Lipinski definition) is 2. The maximum Gasteiger partial charge on any atom is 0.226 e. The molecule has 4 heteroatoms. The van der Waals surface area contributed by atoms with Crippen molar-refractivity contribution in [2.45, 2.75) is 25.8 Å². The van der Waals surface area contributed by atoms with Crippen LogP contribution in [0.15, 0.2) is 24.3 Å². The molecule has 0 spiro atoms. The summed E-state index contributed by atoms with van der Waals surface area (Å²) >= 11 is 5.89. The zero-order valence-corrected chi connectivity index (χ0v) is 12.2. The Kier molecular flexibility index (Phi) is 4.83. The van der Waals surface area contributed by atoms with Gasteiger partial charge in [0.15, 0.2) is 0 Å². The highest BCUT2D eigenvalue weighted by molar-refractivity contribution is 6.30. The third kappa shape index (κ3) is 3.48. The zero-order chi connectivity index (χ0) is 13.8. The molecular formula is C15H20ClNO2. The lowest BCUT2D eigenvalue weighted by Gasteiger charge is -2.31. The summed E-state index contributed by atoms with van der Waals surface area (Å²) in [7, 11) is 1.87. The van der Waals surface area contributed by atoms with Gasteiger partial charge in [-0.25, -0.2) is 0 Å². The average molecular weight is 282 g/mol. The SMILES string of the molecule is CC(c1ccc(Cl)cc1)N(C)C(=O)C1CCOCC1. The van der Waals surface area contributed by atoms with Gasteiger partial charge in [0.25, 0.3) is 0 Å². The molecular weight excluding hydrogens is 262 g/mol. The first-order chi connectivity index (χ1) is 9.09. The Bertz CT molecular complexity index is 426. The quantitative estimate of drug-likeness (QED) is 0.851. The molecule has 1 amide bonds. The lowest BCUT2D eigenvalue weighted by molar-refractivity contribution is -0.139. The Hall–Kier alpha value is -1.06. The summed E-state index contributed by atoms with van der Waals surface area (Å²) in [5.74, 6) is 0.319. The summed E-state index contributed by atoms with van der Waals surface area (Å²) in [6, 6.07) is 7.73. The molecule has 0 radical (unpaired) electrons. The van der Waals surface area contributed by atoms with E-state index in [1.807, 2.05) is 43.1 Å². The number of carbonyl (C=O) groups is 1. The van der Waals surface area contributed by atoms with Crippen molar-refractivity contribution in [3.8, 4) is 0 Å². The highest BCUT2D eigenvalue weighted by Crippen LogP contribution is 2.25. The van der Waals surface area contributed by atoms with E-state index < -0.39 is 0 Å². The molecule has 1 aliphatic heterocycles. The fraction of sp³-hybridized carbons (Fsp3) is 0.533. The summed E-state index contributed by atoms with van der Waals surface area (Å²) in [5, 5.41) is 0.717. The fourth-order valence-corrected chi connectivity index (χ4v) is 2.51. The summed E-state index contributed by atoms with van der Waals surface area (Å²) in [4.78, 5) is 14.3. The van der Waals surface area contributed by atoms with E-state index in [1.54, 1.807) is 0 Å². The van der Waals surface area contributed by atoms with E-state index in [0.29, 0.717) is 18.2 Å². The predicted octanol–water partition coefficient (Wildman–Crippen LogP) is 3.29. The molecule has 2 rings (SSSR count).